The monoisotopic (exact) mass is 276 g/mol. The lowest BCUT2D eigenvalue weighted by atomic mass is 9.87. The minimum absolute atomic E-state index is 0.171. The highest BCUT2D eigenvalue weighted by molar-refractivity contribution is 5.82. The van der Waals surface area contributed by atoms with E-state index in [9.17, 15) is 0 Å². The molecule has 20 heavy (non-hydrogen) atoms. The van der Waals surface area contributed by atoms with Crippen molar-refractivity contribution in [3.8, 4) is 5.75 Å². The summed E-state index contributed by atoms with van der Waals surface area (Å²) in [5.41, 5.74) is 6.81. The van der Waals surface area contributed by atoms with Crippen molar-refractivity contribution < 1.29 is 4.74 Å². The van der Waals surface area contributed by atoms with E-state index in [4.69, 9.17) is 15.9 Å². The van der Waals surface area contributed by atoms with Gasteiger partial charge in [-0.15, -0.1) is 0 Å². The maximum atomic E-state index is 7.52. The lowest BCUT2D eigenvalue weighted by Crippen LogP contribution is -2.31. The van der Waals surface area contributed by atoms with Gasteiger partial charge in [-0.2, -0.15) is 0 Å². The minimum Gasteiger partial charge on any atom is -0.494 e. The van der Waals surface area contributed by atoms with E-state index in [-0.39, 0.29) is 16.7 Å². The van der Waals surface area contributed by atoms with E-state index in [1.54, 1.807) is 0 Å². The zero-order chi connectivity index (χ0) is 15.4. The summed E-state index contributed by atoms with van der Waals surface area (Å²) in [4.78, 5) is 0. The molecule has 0 unspecified atom stereocenters. The van der Waals surface area contributed by atoms with E-state index in [1.807, 2.05) is 26.0 Å². The van der Waals surface area contributed by atoms with Crippen molar-refractivity contribution in [3.63, 3.8) is 0 Å². The molecule has 3 nitrogen and oxygen atoms in total. The van der Waals surface area contributed by atoms with Crippen LogP contribution in [0, 0.1) is 10.8 Å². The molecule has 0 saturated carbocycles. The van der Waals surface area contributed by atoms with Gasteiger partial charge in [-0.1, -0.05) is 46.8 Å². The molecule has 0 atom stereocenters. The molecular formula is C17H28N2O. The maximum Gasteiger partial charge on any atom is 0.119 e. The van der Waals surface area contributed by atoms with E-state index in [0.717, 1.165) is 18.6 Å². The first kappa shape index (κ1) is 16.5. The summed E-state index contributed by atoms with van der Waals surface area (Å²) in [6.45, 7) is 11.2. The minimum atomic E-state index is -0.237. The topological polar surface area (TPSA) is 59.1 Å². The number of ether oxygens (including phenoxy) is 1. The van der Waals surface area contributed by atoms with Crippen LogP contribution in [0.15, 0.2) is 24.3 Å². The van der Waals surface area contributed by atoms with Gasteiger partial charge in [0.15, 0.2) is 0 Å². The lowest BCUT2D eigenvalue weighted by molar-refractivity contribution is 0.286. The van der Waals surface area contributed by atoms with Crippen LogP contribution in [0.5, 0.6) is 5.75 Å². The van der Waals surface area contributed by atoms with Crippen molar-refractivity contribution in [2.24, 2.45) is 11.1 Å². The van der Waals surface area contributed by atoms with Crippen LogP contribution in [0.3, 0.4) is 0 Å². The average molecular weight is 276 g/mol. The van der Waals surface area contributed by atoms with Crippen LogP contribution in [-0.2, 0) is 5.41 Å². The maximum absolute atomic E-state index is 7.52. The van der Waals surface area contributed by atoms with Gasteiger partial charge in [0, 0.05) is 5.41 Å². The first-order valence-electron chi connectivity index (χ1n) is 7.21. The molecule has 0 saturated heterocycles. The zero-order valence-corrected chi connectivity index (χ0v) is 13.4. The van der Waals surface area contributed by atoms with Crippen molar-refractivity contribution in [2.75, 3.05) is 6.61 Å². The Kier molecular flexibility index (Phi) is 5.21. The first-order chi connectivity index (χ1) is 9.13. The molecule has 0 aromatic heterocycles. The predicted molar refractivity (Wildman–Crippen MR) is 85.6 cm³/mol. The third-order valence-corrected chi connectivity index (χ3v) is 3.66. The highest BCUT2D eigenvalue weighted by atomic mass is 16.5. The Morgan fingerprint density at radius 2 is 1.65 bits per heavy atom. The first-order valence-corrected chi connectivity index (χ1v) is 7.21. The summed E-state index contributed by atoms with van der Waals surface area (Å²) in [6, 6.07) is 8.29. The van der Waals surface area contributed by atoms with Gasteiger partial charge in [0.25, 0.3) is 0 Å². The Balaban J connectivity index is 2.42. The molecule has 0 radical (unpaired) electrons. The van der Waals surface area contributed by atoms with Crippen molar-refractivity contribution in [3.05, 3.63) is 29.8 Å². The second-order valence-corrected chi connectivity index (χ2v) is 7.02. The van der Waals surface area contributed by atoms with Gasteiger partial charge in [0.1, 0.15) is 5.75 Å². The molecule has 3 N–H and O–H groups in total. The number of amidine groups is 1. The molecule has 0 amide bonds. The van der Waals surface area contributed by atoms with Gasteiger partial charge < -0.3 is 10.5 Å². The van der Waals surface area contributed by atoms with Crippen molar-refractivity contribution in [1.82, 2.24) is 0 Å². The number of hydrogen-bond acceptors (Lipinski definition) is 2. The number of benzene rings is 1. The smallest absolute Gasteiger partial charge is 0.119 e. The largest absolute Gasteiger partial charge is 0.494 e. The molecule has 1 rings (SSSR count). The second kappa shape index (κ2) is 6.29. The average Bonchev–Trinajstić information content (AvgIpc) is 2.34. The summed E-state index contributed by atoms with van der Waals surface area (Å²) in [6.07, 6.45) is 1.76. The van der Waals surface area contributed by atoms with E-state index >= 15 is 0 Å². The SMILES string of the molecule is CC(C)(CCCOc1ccc(C(C)(C)C)cc1)C(=N)N. The molecule has 0 fully saturated rings. The molecule has 3 heteroatoms. The van der Waals surface area contributed by atoms with Crippen LogP contribution in [0.25, 0.3) is 0 Å². The number of rotatable bonds is 6. The Bertz CT molecular complexity index is 441. The lowest BCUT2D eigenvalue weighted by Gasteiger charge is -2.22. The summed E-state index contributed by atoms with van der Waals surface area (Å²) < 4.78 is 5.74. The Morgan fingerprint density at radius 1 is 1.10 bits per heavy atom. The molecule has 0 aliphatic carbocycles. The summed E-state index contributed by atoms with van der Waals surface area (Å²) in [5.74, 6) is 1.14. The van der Waals surface area contributed by atoms with Crippen molar-refractivity contribution in [1.29, 1.82) is 5.41 Å². The number of nitrogens with one attached hydrogen (secondary N) is 1. The quantitative estimate of drug-likeness (QED) is 0.467. The summed E-state index contributed by atoms with van der Waals surface area (Å²) in [5, 5.41) is 7.52. The fourth-order valence-corrected chi connectivity index (χ4v) is 1.89. The Morgan fingerprint density at radius 3 is 2.10 bits per heavy atom. The van der Waals surface area contributed by atoms with Crippen LogP contribution < -0.4 is 10.5 Å². The van der Waals surface area contributed by atoms with Gasteiger partial charge >= 0.3 is 0 Å². The zero-order valence-electron chi connectivity index (χ0n) is 13.4. The fraction of sp³-hybridized carbons (Fsp3) is 0.588. The van der Waals surface area contributed by atoms with E-state index < -0.39 is 0 Å². The highest BCUT2D eigenvalue weighted by Crippen LogP contribution is 2.25. The standard InChI is InChI=1S/C17H28N2O/c1-16(2,3)13-7-9-14(10-8-13)20-12-6-11-17(4,5)15(18)19/h7-10H,6,11-12H2,1-5H3,(H3,18,19). The second-order valence-electron chi connectivity index (χ2n) is 7.02. The van der Waals surface area contributed by atoms with E-state index in [0.29, 0.717) is 6.61 Å². The third-order valence-electron chi connectivity index (χ3n) is 3.66. The fourth-order valence-electron chi connectivity index (χ4n) is 1.89. The summed E-state index contributed by atoms with van der Waals surface area (Å²) in [7, 11) is 0. The van der Waals surface area contributed by atoms with Crippen LogP contribution in [0.1, 0.15) is 53.0 Å². The summed E-state index contributed by atoms with van der Waals surface area (Å²) >= 11 is 0. The highest BCUT2D eigenvalue weighted by Gasteiger charge is 2.20. The molecule has 0 spiro atoms. The molecule has 1 aromatic carbocycles. The molecule has 0 aliphatic rings. The normalized spacial score (nSPS) is 12.2. The Hall–Kier alpha value is -1.51. The number of hydrogen-bond donors (Lipinski definition) is 2. The van der Waals surface area contributed by atoms with Gasteiger partial charge in [-0.05, 0) is 36.0 Å². The molecule has 0 bridgehead atoms. The molecule has 1 aromatic rings. The van der Waals surface area contributed by atoms with Crippen molar-refractivity contribution in [2.45, 2.75) is 52.9 Å². The molecule has 0 aliphatic heterocycles. The molecule has 112 valence electrons. The third kappa shape index (κ3) is 4.87. The van der Waals surface area contributed by atoms with Gasteiger partial charge in [0.05, 0.1) is 12.4 Å². The van der Waals surface area contributed by atoms with Crippen LogP contribution in [0.2, 0.25) is 0 Å². The van der Waals surface area contributed by atoms with E-state index in [2.05, 4.69) is 32.9 Å². The number of nitrogens with two attached hydrogens (primary N) is 1. The molecular weight excluding hydrogens is 248 g/mol. The predicted octanol–water partition coefficient (Wildman–Crippen LogP) is 4.11. The van der Waals surface area contributed by atoms with E-state index in [1.165, 1.54) is 5.56 Å². The van der Waals surface area contributed by atoms with Crippen LogP contribution >= 0.6 is 0 Å². The van der Waals surface area contributed by atoms with Crippen LogP contribution in [0.4, 0.5) is 0 Å². The van der Waals surface area contributed by atoms with Crippen LogP contribution in [-0.4, -0.2) is 12.4 Å². The van der Waals surface area contributed by atoms with Gasteiger partial charge in [-0.3, -0.25) is 5.41 Å². The van der Waals surface area contributed by atoms with Gasteiger partial charge in [0.2, 0.25) is 0 Å². The molecule has 0 heterocycles. The van der Waals surface area contributed by atoms with Gasteiger partial charge in [-0.25, -0.2) is 0 Å². The van der Waals surface area contributed by atoms with Crippen molar-refractivity contribution >= 4 is 5.84 Å². The Labute approximate surface area is 123 Å².